The molecule has 128 valence electrons. The van der Waals surface area contributed by atoms with Crippen molar-refractivity contribution in [2.45, 2.75) is 19.3 Å². The first kappa shape index (κ1) is 16.9. The summed E-state index contributed by atoms with van der Waals surface area (Å²) >= 11 is 0. The quantitative estimate of drug-likeness (QED) is 0.522. The largest absolute Gasteiger partial charge is 0.457 e. The Balaban J connectivity index is 1.44. The molecule has 0 aliphatic carbocycles. The maximum Gasteiger partial charge on any atom is 0.306 e. The van der Waals surface area contributed by atoms with Gasteiger partial charge in [0.25, 0.3) is 0 Å². The van der Waals surface area contributed by atoms with Gasteiger partial charge < -0.3 is 9.72 Å². The lowest BCUT2D eigenvalue weighted by atomic mass is 10.1. The average Bonchev–Trinajstić information content (AvgIpc) is 3.03. The molecule has 0 bridgehead atoms. The van der Waals surface area contributed by atoms with Gasteiger partial charge in [-0.05, 0) is 36.6 Å². The second-order valence-corrected chi connectivity index (χ2v) is 5.81. The van der Waals surface area contributed by atoms with Gasteiger partial charge in [0, 0.05) is 29.1 Å². The molecule has 0 aliphatic rings. The number of aryl methyl sites for hydroxylation is 1. The SMILES string of the molecule is O=C(CCCc1c[nH]c2ccccc12)OCC(=O)c1cccc(F)c1. The third-order valence-electron chi connectivity index (χ3n) is 4.01. The number of hydrogen-bond donors (Lipinski definition) is 1. The van der Waals surface area contributed by atoms with Gasteiger partial charge >= 0.3 is 5.97 Å². The molecule has 25 heavy (non-hydrogen) atoms. The fourth-order valence-corrected chi connectivity index (χ4v) is 2.73. The number of ketones is 1. The van der Waals surface area contributed by atoms with Crippen LogP contribution in [-0.4, -0.2) is 23.3 Å². The molecule has 0 fully saturated rings. The molecule has 1 heterocycles. The number of benzene rings is 2. The average molecular weight is 339 g/mol. The van der Waals surface area contributed by atoms with E-state index < -0.39 is 17.6 Å². The lowest BCUT2D eigenvalue weighted by Gasteiger charge is -2.05. The highest BCUT2D eigenvalue weighted by atomic mass is 19.1. The van der Waals surface area contributed by atoms with Crippen LogP contribution in [0.5, 0.6) is 0 Å². The molecule has 0 amide bonds. The summed E-state index contributed by atoms with van der Waals surface area (Å²) in [7, 11) is 0. The van der Waals surface area contributed by atoms with E-state index in [0.717, 1.165) is 29.0 Å². The zero-order valence-electron chi connectivity index (χ0n) is 13.6. The lowest BCUT2D eigenvalue weighted by Crippen LogP contribution is -2.14. The van der Waals surface area contributed by atoms with Crippen molar-refractivity contribution in [2.24, 2.45) is 0 Å². The third-order valence-corrected chi connectivity index (χ3v) is 4.01. The molecule has 0 atom stereocenters. The van der Waals surface area contributed by atoms with Crippen molar-refractivity contribution in [3.8, 4) is 0 Å². The summed E-state index contributed by atoms with van der Waals surface area (Å²) in [5.41, 5.74) is 2.42. The minimum Gasteiger partial charge on any atom is -0.457 e. The number of fused-ring (bicyclic) bond motifs is 1. The minimum atomic E-state index is -0.490. The molecule has 5 heteroatoms. The van der Waals surface area contributed by atoms with Gasteiger partial charge in [0.05, 0.1) is 0 Å². The van der Waals surface area contributed by atoms with E-state index in [4.69, 9.17) is 4.74 Å². The smallest absolute Gasteiger partial charge is 0.306 e. The number of nitrogens with one attached hydrogen (secondary N) is 1. The summed E-state index contributed by atoms with van der Waals surface area (Å²) < 4.78 is 18.1. The van der Waals surface area contributed by atoms with E-state index in [1.165, 1.54) is 18.2 Å². The first-order chi connectivity index (χ1) is 12.1. The summed E-state index contributed by atoms with van der Waals surface area (Å²) in [6.45, 7) is -0.366. The second-order valence-electron chi connectivity index (χ2n) is 5.81. The number of ether oxygens (including phenoxy) is 1. The van der Waals surface area contributed by atoms with Crippen LogP contribution >= 0.6 is 0 Å². The van der Waals surface area contributed by atoms with Gasteiger partial charge in [0.2, 0.25) is 0 Å². The molecule has 2 aromatic carbocycles. The van der Waals surface area contributed by atoms with Gasteiger partial charge in [0.1, 0.15) is 5.82 Å². The van der Waals surface area contributed by atoms with Gasteiger partial charge in [-0.15, -0.1) is 0 Å². The van der Waals surface area contributed by atoms with Crippen molar-refractivity contribution < 1.29 is 18.7 Å². The van der Waals surface area contributed by atoms with Gasteiger partial charge in [-0.3, -0.25) is 9.59 Å². The van der Waals surface area contributed by atoms with Crippen LogP contribution < -0.4 is 0 Å². The number of rotatable bonds is 7. The first-order valence-electron chi connectivity index (χ1n) is 8.13. The first-order valence-corrected chi connectivity index (χ1v) is 8.13. The number of Topliss-reactive ketones (excluding diaryl/α,β-unsaturated/α-hetero) is 1. The molecule has 1 N–H and O–H groups in total. The van der Waals surface area contributed by atoms with E-state index in [9.17, 15) is 14.0 Å². The number of para-hydroxylation sites is 1. The second kappa shape index (κ2) is 7.75. The molecule has 3 aromatic rings. The zero-order chi connectivity index (χ0) is 17.6. The summed E-state index contributed by atoms with van der Waals surface area (Å²) in [6, 6.07) is 13.3. The molecular formula is C20H18FNO3. The fraction of sp³-hybridized carbons (Fsp3) is 0.200. The van der Waals surface area contributed by atoms with Crippen LogP contribution in [0.2, 0.25) is 0 Å². The molecular weight excluding hydrogens is 321 g/mol. The summed E-state index contributed by atoms with van der Waals surface area (Å²) in [6.07, 6.45) is 3.56. The summed E-state index contributed by atoms with van der Waals surface area (Å²) in [5, 5.41) is 1.15. The molecule has 0 radical (unpaired) electrons. The Kier molecular flexibility index (Phi) is 5.23. The minimum absolute atomic E-state index is 0.201. The van der Waals surface area contributed by atoms with Crippen molar-refractivity contribution in [3.05, 3.63) is 71.7 Å². The number of H-pyrrole nitrogens is 1. The standard InChI is InChI=1S/C20H18FNO3/c21-16-7-3-5-14(11-16)19(23)13-25-20(24)10-4-6-15-12-22-18-9-2-1-8-17(15)18/h1-3,5,7-9,11-12,22H,4,6,10,13H2. The Morgan fingerprint density at radius 1 is 1.08 bits per heavy atom. The molecule has 0 saturated heterocycles. The lowest BCUT2D eigenvalue weighted by molar-refractivity contribution is -0.142. The predicted molar refractivity (Wildman–Crippen MR) is 92.9 cm³/mol. The highest BCUT2D eigenvalue weighted by molar-refractivity contribution is 5.97. The predicted octanol–water partition coefficient (Wildman–Crippen LogP) is 4.06. The fourth-order valence-electron chi connectivity index (χ4n) is 2.73. The third kappa shape index (κ3) is 4.32. The molecule has 4 nitrogen and oxygen atoms in total. The molecule has 3 rings (SSSR count). The maximum atomic E-state index is 13.1. The maximum absolute atomic E-state index is 13.1. The van der Waals surface area contributed by atoms with Crippen LogP contribution in [0.4, 0.5) is 4.39 Å². The van der Waals surface area contributed by atoms with Gasteiger partial charge in [-0.1, -0.05) is 30.3 Å². The highest BCUT2D eigenvalue weighted by Gasteiger charge is 2.11. The van der Waals surface area contributed by atoms with Crippen molar-refractivity contribution in [1.29, 1.82) is 0 Å². The van der Waals surface area contributed by atoms with E-state index in [0.29, 0.717) is 6.42 Å². The Bertz CT molecular complexity index is 901. The van der Waals surface area contributed by atoms with Gasteiger partial charge in [-0.25, -0.2) is 4.39 Å². The van der Waals surface area contributed by atoms with Crippen molar-refractivity contribution >= 4 is 22.7 Å². The number of carbonyl (C=O) groups is 2. The van der Waals surface area contributed by atoms with Crippen LogP contribution in [0.15, 0.2) is 54.7 Å². The van der Waals surface area contributed by atoms with Crippen LogP contribution in [0.1, 0.15) is 28.8 Å². The molecule has 0 saturated carbocycles. The summed E-state index contributed by atoms with van der Waals surface area (Å²) in [4.78, 5) is 26.8. The van der Waals surface area contributed by atoms with E-state index in [1.807, 2.05) is 30.5 Å². The Morgan fingerprint density at radius 2 is 1.92 bits per heavy atom. The Labute approximate surface area is 144 Å². The highest BCUT2D eigenvalue weighted by Crippen LogP contribution is 2.19. The Hall–Kier alpha value is -2.95. The van der Waals surface area contributed by atoms with Crippen LogP contribution in [0.3, 0.4) is 0 Å². The normalized spacial score (nSPS) is 10.8. The van der Waals surface area contributed by atoms with Crippen molar-refractivity contribution in [2.75, 3.05) is 6.61 Å². The van der Waals surface area contributed by atoms with Gasteiger partial charge in [-0.2, -0.15) is 0 Å². The molecule has 1 aromatic heterocycles. The molecule has 0 aliphatic heterocycles. The van der Waals surface area contributed by atoms with Crippen LogP contribution in [0.25, 0.3) is 10.9 Å². The van der Waals surface area contributed by atoms with E-state index in [2.05, 4.69) is 4.98 Å². The molecule has 0 unspecified atom stereocenters. The Morgan fingerprint density at radius 3 is 2.76 bits per heavy atom. The van der Waals surface area contributed by atoms with Crippen molar-refractivity contribution in [1.82, 2.24) is 4.98 Å². The topological polar surface area (TPSA) is 59.2 Å². The number of aromatic nitrogens is 1. The van der Waals surface area contributed by atoms with E-state index >= 15 is 0 Å². The monoisotopic (exact) mass is 339 g/mol. The number of halogens is 1. The number of esters is 1. The van der Waals surface area contributed by atoms with Crippen molar-refractivity contribution in [3.63, 3.8) is 0 Å². The summed E-state index contributed by atoms with van der Waals surface area (Å²) in [5.74, 6) is -1.33. The van der Waals surface area contributed by atoms with Crippen LogP contribution in [-0.2, 0) is 16.0 Å². The number of hydrogen-bond acceptors (Lipinski definition) is 3. The molecule has 0 spiro atoms. The number of carbonyl (C=O) groups excluding carboxylic acids is 2. The number of aromatic amines is 1. The van der Waals surface area contributed by atoms with Crippen LogP contribution in [0, 0.1) is 5.82 Å². The van der Waals surface area contributed by atoms with Gasteiger partial charge in [0.15, 0.2) is 12.4 Å². The van der Waals surface area contributed by atoms with E-state index in [1.54, 1.807) is 0 Å². The van der Waals surface area contributed by atoms with E-state index in [-0.39, 0.29) is 18.6 Å². The zero-order valence-corrected chi connectivity index (χ0v) is 13.6.